The summed E-state index contributed by atoms with van der Waals surface area (Å²) in [5.74, 6) is 0.177. The largest absolute Gasteiger partial charge is 0.344 e. The first-order valence-corrected chi connectivity index (χ1v) is 8.11. The fourth-order valence-electron chi connectivity index (χ4n) is 3.30. The van der Waals surface area contributed by atoms with Crippen LogP contribution in [0.1, 0.15) is 50.0 Å². The van der Waals surface area contributed by atoms with E-state index in [0.29, 0.717) is 12.5 Å². The summed E-state index contributed by atoms with van der Waals surface area (Å²) in [6, 6.07) is 0.370. The van der Waals surface area contributed by atoms with Gasteiger partial charge in [-0.3, -0.25) is 4.79 Å². The number of amides is 1. The molecule has 1 aliphatic heterocycles. The van der Waals surface area contributed by atoms with Gasteiger partial charge in [-0.2, -0.15) is 0 Å². The Kier molecular flexibility index (Phi) is 3.84. The normalized spacial score (nSPS) is 25.6. The zero-order valence-electron chi connectivity index (χ0n) is 11.2. The first-order chi connectivity index (χ1) is 9.28. The van der Waals surface area contributed by atoms with Crippen molar-refractivity contribution in [2.75, 3.05) is 6.54 Å². The summed E-state index contributed by atoms with van der Waals surface area (Å²) in [4.78, 5) is 16.7. The highest BCUT2D eigenvalue weighted by molar-refractivity contribution is 7.09. The van der Waals surface area contributed by atoms with Crippen molar-refractivity contribution < 1.29 is 4.79 Å². The van der Waals surface area contributed by atoms with E-state index in [0.717, 1.165) is 30.8 Å². The Bertz CT molecular complexity index is 420. The molecule has 5 heteroatoms. The molecule has 1 unspecified atom stereocenters. The predicted molar refractivity (Wildman–Crippen MR) is 76.0 cm³/mol. The highest BCUT2D eigenvalue weighted by Crippen LogP contribution is 2.39. The van der Waals surface area contributed by atoms with E-state index in [9.17, 15) is 4.79 Å². The van der Waals surface area contributed by atoms with Crippen LogP contribution in [-0.2, 0) is 10.3 Å². The molecule has 0 bridgehead atoms. The Hall–Kier alpha value is -0.940. The van der Waals surface area contributed by atoms with Gasteiger partial charge >= 0.3 is 0 Å². The Morgan fingerprint density at radius 2 is 2.32 bits per heavy atom. The standard InChI is InChI=1S/C14H21N3OS/c18-12(10-11-4-3-7-15-11)17-14(5-1-2-6-14)13-16-8-9-19-13/h8-9,11,15H,1-7,10H2,(H,17,18). The molecular weight excluding hydrogens is 258 g/mol. The molecule has 0 spiro atoms. The second-order valence-corrected chi connectivity index (χ2v) is 6.57. The van der Waals surface area contributed by atoms with Crippen LogP contribution in [0.5, 0.6) is 0 Å². The minimum Gasteiger partial charge on any atom is -0.344 e. The van der Waals surface area contributed by atoms with Crippen LogP contribution in [0.2, 0.25) is 0 Å². The molecular formula is C14H21N3OS. The SMILES string of the molecule is O=C(CC1CCCN1)NC1(c2nccs2)CCCC1. The number of nitrogens with zero attached hydrogens (tertiary/aromatic N) is 1. The van der Waals surface area contributed by atoms with E-state index in [-0.39, 0.29) is 11.4 Å². The van der Waals surface area contributed by atoms with E-state index in [1.54, 1.807) is 11.3 Å². The molecule has 4 nitrogen and oxygen atoms in total. The number of carbonyl (C=O) groups excluding carboxylic acids is 1. The zero-order valence-corrected chi connectivity index (χ0v) is 12.0. The maximum atomic E-state index is 12.3. The molecule has 0 radical (unpaired) electrons. The predicted octanol–water partition coefficient (Wildman–Crippen LogP) is 2.17. The van der Waals surface area contributed by atoms with Gasteiger partial charge in [0.25, 0.3) is 0 Å². The minimum absolute atomic E-state index is 0.177. The summed E-state index contributed by atoms with van der Waals surface area (Å²) in [6.07, 6.45) is 9.18. The van der Waals surface area contributed by atoms with Crippen molar-refractivity contribution in [2.24, 2.45) is 0 Å². The van der Waals surface area contributed by atoms with Crippen LogP contribution in [-0.4, -0.2) is 23.5 Å². The molecule has 1 saturated carbocycles. The lowest BCUT2D eigenvalue weighted by Gasteiger charge is -2.28. The van der Waals surface area contributed by atoms with Crippen molar-refractivity contribution in [3.8, 4) is 0 Å². The van der Waals surface area contributed by atoms with Gasteiger partial charge in [0.1, 0.15) is 5.01 Å². The molecule has 1 aliphatic carbocycles. The number of carbonyl (C=O) groups is 1. The van der Waals surface area contributed by atoms with E-state index in [2.05, 4.69) is 15.6 Å². The molecule has 2 heterocycles. The van der Waals surface area contributed by atoms with Crippen molar-refractivity contribution in [3.63, 3.8) is 0 Å². The highest BCUT2D eigenvalue weighted by Gasteiger charge is 2.39. The number of hydrogen-bond acceptors (Lipinski definition) is 4. The van der Waals surface area contributed by atoms with Crippen LogP contribution in [0, 0.1) is 0 Å². The summed E-state index contributed by atoms with van der Waals surface area (Å²) < 4.78 is 0. The molecule has 1 saturated heterocycles. The summed E-state index contributed by atoms with van der Waals surface area (Å²) >= 11 is 1.66. The van der Waals surface area contributed by atoms with E-state index >= 15 is 0 Å². The molecule has 1 atom stereocenters. The third kappa shape index (κ3) is 2.82. The van der Waals surface area contributed by atoms with Crippen LogP contribution in [0.15, 0.2) is 11.6 Å². The molecule has 2 fully saturated rings. The van der Waals surface area contributed by atoms with Gasteiger partial charge in [-0.15, -0.1) is 11.3 Å². The van der Waals surface area contributed by atoms with Crippen LogP contribution < -0.4 is 10.6 Å². The molecule has 1 aromatic rings. The monoisotopic (exact) mass is 279 g/mol. The van der Waals surface area contributed by atoms with Crippen LogP contribution in [0.3, 0.4) is 0 Å². The number of thiazole rings is 1. The lowest BCUT2D eigenvalue weighted by molar-refractivity contribution is -0.123. The first-order valence-electron chi connectivity index (χ1n) is 7.23. The molecule has 0 aromatic carbocycles. The third-order valence-corrected chi connectivity index (χ3v) is 5.25. The summed E-state index contributed by atoms with van der Waals surface area (Å²) in [7, 11) is 0. The fourth-order valence-corrected chi connectivity index (χ4v) is 4.16. The summed E-state index contributed by atoms with van der Waals surface area (Å²) in [5.41, 5.74) is -0.177. The average Bonchev–Trinajstić information content (AvgIpc) is 3.11. The van der Waals surface area contributed by atoms with Crippen LogP contribution in [0.25, 0.3) is 0 Å². The minimum atomic E-state index is -0.177. The maximum Gasteiger partial charge on any atom is 0.222 e. The van der Waals surface area contributed by atoms with Gasteiger partial charge in [-0.25, -0.2) is 4.98 Å². The van der Waals surface area contributed by atoms with E-state index in [4.69, 9.17) is 0 Å². The van der Waals surface area contributed by atoms with Gasteiger partial charge in [0.15, 0.2) is 0 Å². The van der Waals surface area contributed by atoms with Gasteiger partial charge < -0.3 is 10.6 Å². The van der Waals surface area contributed by atoms with Gasteiger partial charge in [0.2, 0.25) is 5.91 Å². The van der Waals surface area contributed by atoms with Gasteiger partial charge in [0.05, 0.1) is 5.54 Å². The molecule has 3 rings (SSSR count). The number of rotatable bonds is 4. The van der Waals surface area contributed by atoms with E-state index in [1.807, 2.05) is 11.6 Å². The molecule has 1 aromatic heterocycles. The van der Waals surface area contributed by atoms with E-state index in [1.165, 1.54) is 19.3 Å². The molecule has 2 N–H and O–H groups in total. The summed E-state index contributed by atoms with van der Waals surface area (Å²) in [5, 5.41) is 9.76. The average molecular weight is 279 g/mol. The van der Waals surface area contributed by atoms with Gasteiger partial charge in [-0.1, -0.05) is 12.8 Å². The quantitative estimate of drug-likeness (QED) is 0.888. The van der Waals surface area contributed by atoms with Crippen LogP contribution >= 0.6 is 11.3 Å². The Labute approximate surface area is 118 Å². The van der Waals surface area contributed by atoms with Gasteiger partial charge in [0, 0.05) is 24.0 Å². The zero-order chi connectivity index (χ0) is 13.1. The van der Waals surface area contributed by atoms with Gasteiger partial charge in [-0.05, 0) is 32.2 Å². The van der Waals surface area contributed by atoms with Crippen molar-refractivity contribution in [3.05, 3.63) is 16.6 Å². The van der Waals surface area contributed by atoms with E-state index < -0.39 is 0 Å². The smallest absolute Gasteiger partial charge is 0.222 e. The Morgan fingerprint density at radius 3 is 2.95 bits per heavy atom. The molecule has 2 aliphatic rings. The third-order valence-electron chi connectivity index (χ3n) is 4.27. The highest BCUT2D eigenvalue weighted by atomic mass is 32.1. The molecule has 104 valence electrons. The van der Waals surface area contributed by atoms with Crippen molar-refractivity contribution >= 4 is 17.2 Å². The van der Waals surface area contributed by atoms with Crippen molar-refractivity contribution in [1.82, 2.24) is 15.6 Å². The Morgan fingerprint density at radius 1 is 1.47 bits per heavy atom. The number of aromatic nitrogens is 1. The number of hydrogen-bond donors (Lipinski definition) is 2. The van der Waals surface area contributed by atoms with Crippen molar-refractivity contribution in [2.45, 2.75) is 56.5 Å². The molecule has 19 heavy (non-hydrogen) atoms. The Balaban J connectivity index is 1.66. The molecule has 1 amide bonds. The van der Waals surface area contributed by atoms with Crippen LogP contribution in [0.4, 0.5) is 0 Å². The number of nitrogens with one attached hydrogen (secondary N) is 2. The maximum absolute atomic E-state index is 12.3. The second kappa shape index (κ2) is 5.59. The first kappa shape index (κ1) is 13.1. The van der Waals surface area contributed by atoms with Crippen molar-refractivity contribution in [1.29, 1.82) is 0 Å². The second-order valence-electron chi connectivity index (χ2n) is 5.67. The topological polar surface area (TPSA) is 54.0 Å². The lowest BCUT2D eigenvalue weighted by Crippen LogP contribution is -2.45. The fraction of sp³-hybridized carbons (Fsp3) is 0.714. The lowest BCUT2D eigenvalue weighted by atomic mass is 9.97. The summed E-state index contributed by atoms with van der Waals surface area (Å²) in [6.45, 7) is 1.05.